The van der Waals surface area contributed by atoms with Gasteiger partial charge in [0.25, 0.3) is 0 Å². The molecule has 0 radical (unpaired) electrons. The lowest BCUT2D eigenvalue weighted by molar-refractivity contribution is -0.135. The molecule has 2 fully saturated rings. The molecule has 0 spiro atoms. The topological polar surface area (TPSA) is 44.8 Å². The van der Waals surface area contributed by atoms with Gasteiger partial charge >= 0.3 is 0 Å². The highest BCUT2D eigenvalue weighted by molar-refractivity contribution is 5.79. The summed E-state index contributed by atoms with van der Waals surface area (Å²) in [7, 11) is 1.94. The van der Waals surface area contributed by atoms with Crippen LogP contribution in [0.25, 0.3) is 0 Å². The maximum Gasteiger partial charge on any atom is 0.229 e. The van der Waals surface area contributed by atoms with E-state index in [0.29, 0.717) is 19.3 Å². The van der Waals surface area contributed by atoms with Gasteiger partial charge in [-0.25, -0.2) is 0 Å². The highest BCUT2D eigenvalue weighted by Crippen LogP contribution is 2.20. The second-order valence-electron chi connectivity index (χ2n) is 5.95. The van der Waals surface area contributed by atoms with Crippen LogP contribution in [-0.4, -0.2) is 74.2 Å². The lowest BCUT2D eigenvalue weighted by Crippen LogP contribution is -2.48. The monoisotopic (exact) mass is 283 g/mol. The van der Waals surface area contributed by atoms with E-state index >= 15 is 0 Å². The minimum atomic E-state index is -0.0172. The quantitative estimate of drug-likeness (QED) is 0.773. The molecule has 20 heavy (non-hydrogen) atoms. The molecule has 0 aliphatic carbocycles. The SMILES string of the molecule is CCNC1COCC1C(=O)N(C)CC1CCCN1CC. The Bertz CT molecular complexity index is 324. The van der Waals surface area contributed by atoms with E-state index < -0.39 is 0 Å². The second-order valence-corrected chi connectivity index (χ2v) is 5.95. The van der Waals surface area contributed by atoms with Gasteiger partial charge < -0.3 is 15.0 Å². The van der Waals surface area contributed by atoms with Crippen molar-refractivity contribution in [2.24, 2.45) is 5.92 Å². The molecular weight excluding hydrogens is 254 g/mol. The van der Waals surface area contributed by atoms with E-state index in [0.717, 1.165) is 19.6 Å². The molecule has 0 saturated carbocycles. The van der Waals surface area contributed by atoms with E-state index in [1.165, 1.54) is 19.4 Å². The van der Waals surface area contributed by atoms with Crippen LogP contribution in [0.5, 0.6) is 0 Å². The minimum absolute atomic E-state index is 0.0172. The van der Waals surface area contributed by atoms with Crippen molar-refractivity contribution in [1.82, 2.24) is 15.1 Å². The van der Waals surface area contributed by atoms with Crippen molar-refractivity contribution in [3.05, 3.63) is 0 Å². The number of rotatable bonds is 6. The maximum absolute atomic E-state index is 12.6. The van der Waals surface area contributed by atoms with Crippen LogP contribution in [0.2, 0.25) is 0 Å². The summed E-state index contributed by atoms with van der Waals surface area (Å²) >= 11 is 0. The van der Waals surface area contributed by atoms with E-state index in [4.69, 9.17) is 4.74 Å². The number of nitrogens with one attached hydrogen (secondary N) is 1. The number of carbonyl (C=O) groups is 1. The van der Waals surface area contributed by atoms with Crippen LogP contribution in [0, 0.1) is 5.92 Å². The van der Waals surface area contributed by atoms with Gasteiger partial charge in [0.1, 0.15) is 0 Å². The van der Waals surface area contributed by atoms with Gasteiger partial charge in [-0.1, -0.05) is 13.8 Å². The zero-order valence-electron chi connectivity index (χ0n) is 13.1. The Hall–Kier alpha value is -0.650. The fourth-order valence-corrected chi connectivity index (χ4v) is 3.47. The third-order valence-corrected chi connectivity index (χ3v) is 4.63. The van der Waals surface area contributed by atoms with Gasteiger partial charge in [0.05, 0.1) is 19.1 Å². The summed E-state index contributed by atoms with van der Waals surface area (Å²) in [6.07, 6.45) is 2.47. The summed E-state index contributed by atoms with van der Waals surface area (Å²) in [5.41, 5.74) is 0. The Morgan fingerprint density at radius 2 is 2.20 bits per heavy atom. The van der Waals surface area contributed by atoms with Gasteiger partial charge in [0, 0.05) is 25.7 Å². The molecule has 3 unspecified atom stereocenters. The van der Waals surface area contributed by atoms with Gasteiger partial charge in [-0.2, -0.15) is 0 Å². The average molecular weight is 283 g/mol. The van der Waals surface area contributed by atoms with Crippen LogP contribution in [0.1, 0.15) is 26.7 Å². The van der Waals surface area contributed by atoms with Crippen LogP contribution in [0.3, 0.4) is 0 Å². The highest BCUT2D eigenvalue weighted by Gasteiger charge is 2.36. The molecule has 2 rings (SSSR count). The number of amides is 1. The largest absolute Gasteiger partial charge is 0.379 e. The smallest absolute Gasteiger partial charge is 0.229 e. The number of nitrogens with zero attached hydrogens (tertiary/aromatic N) is 2. The zero-order chi connectivity index (χ0) is 14.5. The van der Waals surface area contributed by atoms with Gasteiger partial charge in [0.2, 0.25) is 5.91 Å². The molecule has 2 heterocycles. The molecular formula is C15H29N3O2. The first-order valence-electron chi connectivity index (χ1n) is 7.97. The van der Waals surface area contributed by atoms with Crippen molar-refractivity contribution in [1.29, 1.82) is 0 Å². The average Bonchev–Trinajstić information content (AvgIpc) is 3.07. The van der Waals surface area contributed by atoms with Crippen molar-refractivity contribution >= 4 is 5.91 Å². The van der Waals surface area contributed by atoms with Crippen LogP contribution < -0.4 is 5.32 Å². The molecule has 0 aromatic carbocycles. The third-order valence-electron chi connectivity index (χ3n) is 4.63. The molecule has 2 saturated heterocycles. The molecule has 2 aliphatic rings. The number of likely N-dealkylation sites (tertiary alicyclic amines) is 1. The normalized spacial score (nSPS) is 30.9. The van der Waals surface area contributed by atoms with Crippen molar-refractivity contribution in [3.63, 3.8) is 0 Å². The highest BCUT2D eigenvalue weighted by atomic mass is 16.5. The first-order chi connectivity index (χ1) is 9.67. The summed E-state index contributed by atoms with van der Waals surface area (Å²) in [5, 5.41) is 3.36. The summed E-state index contributed by atoms with van der Waals surface area (Å²) in [6, 6.07) is 0.717. The maximum atomic E-state index is 12.6. The summed E-state index contributed by atoms with van der Waals surface area (Å²) in [6.45, 7) is 9.48. The molecule has 5 heteroatoms. The molecule has 1 N–H and O–H groups in total. The fourth-order valence-electron chi connectivity index (χ4n) is 3.47. The van der Waals surface area contributed by atoms with E-state index in [-0.39, 0.29) is 17.9 Å². The molecule has 0 aromatic rings. The first-order valence-corrected chi connectivity index (χ1v) is 7.97. The third kappa shape index (κ3) is 3.51. The van der Waals surface area contributed by atoms with Crippen molar-refractivity contribution in [3.8, 4) is 0 Å². The Kier molecular flexibility index (Phi) is 5.81. The van der Waals surface area contributed by atoms with Gasteiger partial charge in [0.15, 0.2) is 0 Å². The number of hydrogen-bond donors (Lipinski definition) is 1. The zero-order valence-corrected chi connectivity index (χ0v) is 13.1. The van der Waals surface area contributed by atoms with Crippen LogP contribution in [0.4, 0.5) is 0 Å². The first kappa shape index (κ1) is 15.7. The number of ether oxygens (including phenoxy) is 1. The Balaban J connectivity index is 1.88. The summed E-state index contributed by atoms with van der Waals surface area (Å²) in [5.74, 6) is 0.216. The van der Waals surface area contributed by atoms with Gasteiger partial charge in [-0.15, -0.1) is 0 Å². The Morgan fingerprint density at radius 3 is 2.90 bits per heavy atom. The van der Waals surface area contributed by atoms with E-state index in [2.05, 4.69) is 24.1 Å². The number of likely N-dealkylation sites (N-methyl/N-ethyl adjacent to an activating group) is 3. The molecule has 0 aromatic heterocycles. The summed E-state index contributed by atoms with van der Waals surface area (Å²) in [4.78, 5) is 17.0. The van der Waals surface area contributed by atoms with Crippen molar-refractivity contribution < 1.29 is 9.53 Å². The van der Waals surface area contributed by atoms with Crippen LogP contribution in [0.15, 0.2) is 0 Å². The fraction of sp³-hybridized carbons (Fsp3) is 0.933. The van der Waals surface area contributed by atoms with Crippen LogP contribution >= 0.6 is 0 Å². The van der Waals surface area contributed by atoms with E-state index in [1.807, 2.05) is 11.9 Å². The lowest BCUT2D eigenvalue weighted by atomic mass is 10.0. The van der Waals surface area contributed by atoms with Crippen LogP contribution in [-0.2, 0) is 9.53 Å². The standard InChI is InChI=1S/C15H29N3O2/c1-4-16-14-11-20-10-13(14)15(19)17(3)9-12-7-6-8-18(12)5-2/h12-14,16H,4-11H2,1-3H3. The number of carbonyl (C=O) groups excluding carboxylic acids is 1. The van der Waals surface area contributed by atoms with Gasteiger partial charge in [-0.3, -0.25) is 9.69 Å². The predicted molar refractivity (Wildman–Crippen MR) is 79.7 cm³/mol. The number of hydrogen-bond acceptors (Lipinski definition) is 4. The molecule has 1 amide bonds. The lowest BCUT2D eigenvalue weighted by Gasteiger charge is -2.30. The molecule has 116 valence electrons. The van der Waals surface area contributed by atoms with E-state index in [9.17, 15) is 4.79 Å². The van der Waals surface area contributed by atoms with Crippen molar-refractivity contribution in [2.75, 3.05) is 46.4 Å². The predicted octanol–water partition coefficient (Wildman–Crippen LogP) is 0.554. The van der Waals surface area contributed by atoms with Gasteiger partial charge in [-0.05, 0) is 32.5 Å². The summed E-state index contributed by atoms with van der Waals surface area (Å²) < 4.78 is 5.49. The Labute approximate surface area is 122 Å². The molecule has 0 bridgehead atoms. The molecule has 3 atom stereocenters. The molecule has 2 aliphatic heterocycles. The van der Waals surface area contributed by atoms with Crippen molar-refractivity contribution in [2.45, 2.75) is 38.8 Å². The minimum Gasteiger partial charge on any atom is -0.379 e. The second kappa shape index (κ2) is 7.38. The Morgan fingerprint density at radius 1 is 1.40 bits per heavy atom. The molecule has 5 nitrogen and oxygen atoms in total. The van der Waals surface area contributed by atoms with E-state index in [1.54, 1.807) is 0 Å².